The van der Waals surface area contributed by atoms with E-state index >= 15 is 0 Å². The van der Waals surface area contributed by atoms with E-state index in [2.05, 4.69) is 10.2 Å². The Morgan fingerprint density at radius 2 is 1.50 bits per heavy atom. The Morgan fingerprint density at radius 3 is 2.00 bits per heavy atom. The van der Waals surface area contributed by atoms with Crippen molar-refractivity contribution in [2.75, 3.05) is 44.6 Å². The number of amides is 1. The van der Waals surface area contributed by atoms with Crippen molar-refractivity contribution in [1.82, 2.24) is 0 Å². The summed E-state index contributed by atoms with van der Waals surface area (Å²) in [7, 11) is 4.58. The van der Waals surface area contributed by atoms with Crippen LogP contribution in [0.4, 0.5) is 11.4 Å². The van der Waals surface area contributed by atoms with Crippen molar-refractivity contribution in [1.29, 1.82) is 0 Å². The zero-order valence-corrected chi connectivity index (χ0v) is 15.4. The van der Waals surface area contributed by atoms with Gasteiger partial charge >= 0.3 is 0 Å². The van der Waals surface area contributed by atoms with Crippen LogP contribution in [-0.2, 0) is 0 Å². The number of nitrogens with zero attached hydrogens (tertiary/aromatic N) is 1. The van der Waals surface area contributed by atoms with E-state index < -0.39 is 0 Å². The van der Waals surface area contributed by atoms with Gasteiger partial charge in [-0.05, 0) is 49.2 Å². The lowest BCUT2D eigenvalue weighted by molar-refractivity contribution is 0.102. The van der Waals surface area contributed by atoms with Gasteiger partial charge in [-0.2, -0.15) is 0 Å². The number of carbonyl (C=O) groups excluding carboxylic acids is 1. The van der Waals surface area contributed by atoms with Crippen LogP contribution in [0.1, 0.15) is 23.2 Å². The molecule has 3 rings (SSSR count). The largest absolute Gasteiger partial charge is 0.493 e. The standard InChI is InChI=1S/C20H24N2O4/c1-24-17-12-14(13-18(25-2)19(17)26-3)20(23)21-15-6-8-16(9-7-15)22-10-4-5-11-22/h6-9,12-13H,4-5,10-11H2,1-3H3,(H,21,23). The van der Waals surface area contributed by atoms with Crippen LogP contribution >= 0.6 is 0 Å². The maximum Gasteiger partial charge on any atom is 0.255 e. The van der Waals surface area contributed by atoms with E-state index in [4.69, 9.17) is 14.2 Å². The van der Waals surface area contributed by atoms with E-state index in [0.29, 0.717) is 22.8 Å². The molecule has 0 bridgehead atoms. The van der Waals surface area contributed by atoms with Crippen LogP contribution in [0.3, 0.4) is 0 Å². The molecule has 6 heteroatoms. The monoisotopic (exact) mass is 356 g/mol. The van der Waals surface area contributed by atoms with Gasteiger partial charge in [0, 0.05) is 30.0 Å². The number of hydrogen-bond acceptors (Lipinski definition) is 5. The number of anilines is 2. The molecule has 1 aliphatic heterocycles. The number of rotatable bonds is 6. The third kappa shape index (κ3) is 3.69. The molecular weight excluding hydrogens is 332 g/mol. The summed E-state index contributed by atoms with van der Waals surface area (Å²) in [5, 5.41) is 2.91. The van der Waals surface area contributed by atoms with Crippen LogP contribution < -0.4 is 24.4 Å². The van der Waals surface area contributed by atoms with E-state index in [1.165, 1.54) is 39.9 Å². The van der Waals surface area contributed by atoms with Gasteiger partial charge in [0.05, 0.1) is 21.3 Å². The van der Waals surface area contributed by atoms with Crippen molar-refractivity contribution in [2.24, 2.45) is 0 Å². The summed E-state index contributed by atoms with van der Waals surface area (Å²) in [6, 6.07) is 11.2. The molecule has 0 aromatic heterocycles. The lowest BCUT2D eigenvalue weighted by Gasteiger charge is -2.18. The van der Waals surface area contributed by atoms with Crippen molar-refractivity contribution in [3.05, 3.63) is 42.0 Å². The van der Waals surface area contributed by atoms with Crippen LogP contribution in [0.15, 0.2) is 36.4 Å². The second kappa shape index (κ2) is 7.99. The summed E-state index contributed by atoms with van der Waals surface area (Å²) in [4.78, 5) is 15.0. The summed E-state index contributed by atoms with van der Waals surface area (Å²) in [6.07, 6.45) is 2.47. The second-order valence-corrected chi connectivity index (χ2v) is 6.11. The average Bonchev–Trinajstić information content (AvgIpc) is 3.22. The summed E-state index contributed by atoms with van der Waals surface area (Å²) in [6.45, 7) is 2.19. The number of benzene rings is 2. The van der Waals surface area contributed by atoms with Crippen molar-refractivity contribution in [3.8, 4) is 17.2 Å². The highest BCUT2D eigenvalue weighted by Gasteiger charge is 2.17. The lowest BCUT2D eigenvalue weighted by atomic mass is 10.1. The predicted octanol–water partition coefficient (Wildman–Crippen LogP) is 3.56. The molecule has 0 unspecified atom stereocenters. The fourth-order valence-corrected chi connectivity index (χ4v) is 3.15. The molecule has 138 valence electrons. The molecule has 6 nitrogen and oxygen atoms in total. The van der Waals surface area contributed by atoms with Gasteiger partial charge in [0.1, 0.15) is 0 Å². The van der Waals surface area contributed by atoms with Crippen molar-refractivity contribution >= 4 is 17.3 Å². The number of hydrogen-bond donors (Lipinski definition) is 1. The quantitative estimate of drug-likeness (QED) is 0.857. The minimum Gasteiger partial charge on any atom is -0.493 e. The summed E-state index contributed by atoms with van der Waals surface area (Å²) < 4.78 is 15.9. The molecule has 0 radical (unpaired) electrons. The molecule has 1 aliphatic rings. The van der Waals surface area contributed by atoms with Crippen LogP contribution in [0.5, 0.6) is 17.2 Å². The summed E-state index contributed by atoms with van der Waals surface area (Å²) >= 11 is 0. The van der Waals surface area contributed by atoms with Crippen LogP contribution in [0.2, 0.25) is 0 Å². The highest BCUT2D eigenvalue weighted by atomic mass is 16.5. The molecule has 1 fully saturated rings. The molecule has 1 saturated heterocycles. The Hall–Kier alpha value is -2.89. The Balaban J connectivity index is 1.77. The molecule has 0 atom stereocenters. The molecule has 0 spiro atoms. The Bertz CT molecular complexity index is 743. The van der Waals surface area contributed by atoms with E-state index in [1.54, 1.807) is 12.1 Å². The van der Waals surface area contributed by atoms with Crippen molar-refractivity contribution in [3.63, 3.8) is 0 Å². The molecule has 26 heavy (non-hydrogen) atoms. The summed E-state index contributed by atoms with van der Waals surface area (Å²) in [5.74, 6) is 1.11. The lowest BCUT2D eigenvalue weighted by Crippen LogP contribution is -2.17. The minimum atomic E-state index is -0.238. The molecule has 0 saturated carbocycles. The molecule has 2 aromatic carbocycles. The first-order valence-electron chi connectivity index (χ1n) is 8.62. The van der Waals surface area contributed by atoms with E-state index in [1.807, 2.05) is 24.3 Å². The van der Waals surface area contributed by atoms with Crippen molar-refractivity contribution < 1.29 is 19.0 Å². The molecule has 0 aliphatic carbocycles. The zero-order chi connectivity index (χ0) is 18.5. The van der Waals surface area contributed by atoms with Crippen LogP contribution in [0.25, 0.3) is 0 Å². The van der Waals surface area contributed by atoms with E-state index in [-0.39, 0.29) is 5.91 Å². The van der Waals surface area contributed by atoms with Gasteiger partial charge in [-0.1, -0.05) is 0 Å². The Morgan fingerprint density at radius 1 is 0.923 bits per heavy atom. The predicted molar refractivity (Wildman–Crippen MR) is 102 cm³/mol. The average molecular weight is 356 g/mol. The van der Waals surface area contributed by atoms with Crippen LogP contribution in [-0.4, -0.2) is 40.3 Å². The van der Waals surface area contributed by atoms with Gasteiger partial charge in [-0.25, -0.2) is 0 Å². The van der Waals surface area contributed by atoms with Gasteiger partial charge < -0.3 is 24.4 Å². The highest BCUT2D eigenvalue weighted by Crippen LogP contribution is 2.38. The zero-order valence-electron chi connectivity index (χ0n) is 15.4. The number of carbonyl (C=O) groups is 1. The Kier molecular flexibility index (Phi) is 5.51. The van der Waals surface area contributed by atoms with Gasteiger partial charge in [0.15, 0.2) is 11.5 Å². The SMILES string of the molecule is COc1cc(C(=O)Nc2ccc(N3CCCC3)cc2)cc(OC)c1OC. The smallest absolute Gasteiger partial charge is 0.255 e. The Labute approximate surface area is 153 Å². The highest BCUT2D eigenvalue weighted by molar-refractivity contribution is 6.05. The third-order valence-electron chi connectivity index (χ3n) is 4.52. The van der Waals surface area contributed by atoms with E-state index in [0.717, 1.165) is 18.8 Å². The molecular formula is C20H24N2O4. The van der Waals surface area contributed by atoms with Gasteiger partial charge in [0.2, 0.25) is 5.75 Å². The van der Waals surface area contributed by atoms with Gasteiger partial charge in [-0.15, -0.1) is 0 Å². The third-order valence-corrected chi connectivity index (χ3v) is 4.52. The molecule has 1 amide bonds. The summed E-state index contributed by atoms with van der Waals surface area (Å²) in [5.41, 5.74) is 2.36. The molecule has 2 aromatic rings. The van der Waals surface area contributed by atoms with E-state index in [9.17, 15) is 4.79 Å². The second-order valence-electron chi connectivity index (χ2n) is 6.11. The fourth-order valence-electron chi connectivity index (χ4n) is 3.15. The fraction of sp³-hybridized carbons (Fsp3) is 0.350. The normalized spacial score (nSPS) is 13.4. The topological polar surface area (TPSA) is 60.0 Å². The first-order valence-corrected chi connectivity index (χ1v) is 8.62. The first-order chi connectivity index (χ1) is 12.7. The molecule has 1 heterocycles. The van der Waals surface area contributed by atoms with Gasteiger partial charge in [0.25, 0.3) is 5.91 Å². The number of methoxy groups -OCH3 is 3. The number of nitrogens with one attached hydrogen (secondary N) is 1. The van der Waals surface area contributed by atoms with Crippen LogP contribution in [0, 0.1) is 0 Å². The van der Waals surface area contributed by atoms with Crippen molar-refractivity contribution in [2.45, 2.75) is 12.8 Å². The van der Waals surface area contributed by atoms with Gasteiger partial charge in [-0.3, -0.25) is 4.79 Å². The maximum atomic E-state index is 12.6. The first kappa shape index (κ1) is 17.9. The molecule has 1 N–H and O–H groups in total. The minimum absolute atomic E-state index is 0.238. The number of ether oxygens (including phenoxy) is 3. The maximum absolute atomic E-state index is 12.6.